The van der Waals surface area contributed by atoms with E-state index in [1.54, 1.807) is 0 Å². The van der Waals surface area contributed by atoms with Crippen molar-refractivity contribution in [3.8, 4) is 0 Å². The third kappa shape index (κ3) is 4.09. The Bertz CT molecular complexity index is 172. The van der Waals surface area contributed by atoms with Gasteiger partial charge in [-0.05, 0) is 59.8 Å². The fourth-order valence-electron chi connectivity index (χ4n) is 2.62. The Morgan fingerprint density at radius 3 is 2.80 bits per heavy atom. The van der Waals surface area contributed by atoms with Crippen LogP contribution in [0.3, 0.4) is 0 Å². The zero-order valence-electron chi connectivity index (χ0n) is 10.6. The van der Waals surface area contributed by atoms with Crippen molar-refractivity contribution in [2.24, 2.45) is 5.73 Å². The largest absolute Gasteiger partial charge is 0.330 e. The topological polar surface area (TPSA) is 32.5 Å². The summed E-state index contributed by atoms with van der Waals surface area (Å²) in [6.45, 7) is 9.21. The molecule has 2 N–H and O–H groups in total. The van der Waals surface area contributed by atoms with Gasteiger partial charge in [-0.15, -0.1) is 0 Å². The van der Waals surface area contributed by atoms with Gasteiger partial charge in [-0.25, -0.2) is 0 Å². The highest BCUT2D eigenvalue weighted by atomic mass is 15.2. The van der Waals surface area contributed by atoms with Crippen molar-refractivity contribution < 1.29 is 0 Å². The molecule has 0 bridgehead atoms. The van der Waals surface area contributed by atoms with Crippen LogP contribution in [-0.2, 0) is 0 Å². The molecule has 15 heavy (non-hydrogen) atoms. The first kappa shape index (κ1) is 12.9. The molecule has 0 aromatic rings. The van der Waals surface area contributed by atoms with Gasteiger partial charge in [0.1, 0.15) is 0 Å². The van der Waals surface area contributed by atoms with Gasteiger partial charge >= 0.3 is 0 Å². The van der Waals surface area contributed by atoms with E-state index < -0.39 is 0 Å². The predicted molar refractivity (Wildman–Crippen MR) is 66.0 cm³/mol. The second-order valence-electron chi connectivity index (χ2n) is 4.98. The van der Waals surface area contributed by atoms with Gasteiger partial charge in [0, 0.05) is 18.6 Å². The molecular weight excluding hydrogens is 186 g/mol. The minimum Gasteiger partial charge on any atom is -0.330 e. The van der Waals surface area contributed by atoms with Crippen molar-refractivity contribution in [2.75, 3.05) is 33.2 Å². The van der Waals surface area contributed by atoms with Crippen molar-refractivity contribution in [1.29, 1.82) is 0 Å². The van der Waals surface area contributed by atoms with Crippen molar-refractivity contribution in [3.63, 3.8) is 0 Å². The van der Waals surface area contributed by atoms with Gasteiger partial charge in [0.2, 0.25) is 0 Å². The lowest BCUT2D eigenvalue weighted by Gasteiger charge is -2.33. The standard InChI is InChI=1S/C12H27N3/c1-11(6-4-7-13)15-9-5-8-14(3)10-12(15)2/h11-12H,4-10,13H2,1-3H3. The van der Waals surface area contributed by atoms with E-state index in [2.05, 4.69) is 30.7 Å². The van der Waals surface area contributed by atoms with Crippen LogP contribution in [0.5, 0.6) is 0 Å². The molecule has 2 unspecified atom stereocenters. The molecule has 1 rings (SSSR count). The first-order valence-electron chi connectivity index (χ1n) is 6.29. The molecule has 3 nitrogen and oxygen atoms in total. The first-order valence-corrected chi connectivity index (χ1v) is 6.29. The second kappa shape index (κ2) is 6.46. The summed E-state index contributed by atoms with van der Waals surface area (Å²) in [6, 6.07) is 1.38. The molecule has 3 heteroatoms. The number of nitrogens with zero attached hydrogens (tertiary/aromatic N) is 2. The van der Waals surface area contributed by atoms with Gasteiger partial charge in [0.15, 0.2) is 0 Å². The van der Waals surface area contributed by atoms with Gasteiger partial charge < -0.3 is 10.6 Å². The number of likely N-dealkylation sites (N-methyl/N-ethyl adjacent to an activating group) is 1. The normalized spacial score (nSPS) is 27.6. The highest BCUT2D eigenvalue weighted by Crippen LogP contribution is 2.15. The molecule has 1 saturated heterocycles. The van der Waals surface area contributed by atoms with Crippen LogP contribution in [0.1, 0.15) is 33.1 Å². The summed E-state index contributed by atoms with van der Waals surface area (Å²) in [5.41, 5.74) is 5.57. The SMILES string of the molecule is CC(CCCN)N1CCCN(C)CC1C. The number of nitrogens with two attached hydrogens (primary N) is 1. The second-order valence-corrected chi connectivity index (χ2v) is 4.98. The van der Waals surface area contributed by atoms with Crippen LogP contribution in [0.25, 0.3) is 0 Å². The molecule has 0 spiro atoms. The Morgan fingerprint density at radius 1 is 1.40 bits per heavy atom. The smallest absolute Gasteiger partial charge is 0.0197 e. The minimum absolute atomic E-state index is 0.685. The molecule has 0 aromatic heterocycles. The van der Waals surface area contributed by atoms with Gasteiger partial charge in [-0.1, -0.05) is 0 Å². The Morgan fingerprint density at radius 2 is 2.13 bits per heavy atom. The molecule has 1 fully saturated rings. The summed E-state index contributed by atoms with van der Waals surface area (Å²) < 4.78 is 0. The van der Waals surface area contributed by atoms with Crippen molar-refractivity contribution in [2.45, 2.75) is 45.2 Å². The van der Waals surface area contributed by atoms with Gasteiger partial charge in [0.25, 0.3) is 0 Å². The molecule has 0 aromatic carbocycles. The number of hydrogen-bond acceptors (Lipinski definition) is 3. The summed E-state index contributed by atoms with van der Waals surface area (Å²) in [7, 11) is 2.23. The van der Waals surface area contributed by atoms with Crippen LogP contribution >= 0.6 is 0 Å². The zero-order valence-corrected chi connectivity index (χ0v) is 10.6. The van der Waals surface area contributed by atoms with Crippen LogP contribution in [-0.4, -0.2) is 55.1 Å². The lowest BCUT2D eigenvalue weighted by molar-refractivity contribution is 0.145. The summed E-state index contributed by atoms with van der Waals surface area (Å²) in [5.74, 6) is 0. The Kier molecular flexibility index (Phi) is 5.58. The van der Waals surface area contributed by atoms with E-state index in [-0.39, 0.29) is 0 Å². The zero-order chi connectivity index (χ0) is 11.3. The third-order valence-corrected chi connectivity index (χ3v) is 3.49. The average molecular weight is 213 g/mol. The van der Waals surface area contributed by atoms with Crippen LogP contribution in [0.4, 0.5) is 0 Å². The van der Waals surface area contributed by atoms with E-state index >= 15 is 0 Å². The molecule has 1 aliphatic rings. The maximum atomic E-state index is 5.57. The predicted octanol–water partition coefficient (Wildman–Crippen LogP) is 1.14. The quantitative estimate of drug-likeness (QED) is 0.760. The van der Waals surface area contributed by atoms with E-state index in [4.69, 9.17) is 5.73 Å². The molecule has 90 valence electrons. The van der Waals surface area contributed by atoms with Crippen molar-refractivity contribution in [1.82, 2.24) is 9.80 Å². The lowest BCUT2D eigenvalue weighted by atomic mass is 10.1. The van der Waals surface area contributed by atoms with E-state index in [0.717, 1.165) is 13.0 Å². The van der Waals surface area contributed by atoms with E-state index in [1.807, 2.05) is 0 Å². The lowest BCUT2D eigenvalue weighted by Crippen LogP contribution is -2.43. The van der Waals surface area contributed by atoms with Gasteiger partial charge in [0.05, 0.1) is 0 Å². The molecular formula is C12H27N3. The highest BCUT2D eigenvalue weighted by molar-refractivity contribution is 4.79. The van der Waals surface area contributed by atoms with Crippen LogP contribution in [0.15, 0.2) is 0 Å². The summed E-state index contributed by atoms with van der Waals surface area (Å²) in [6.07, 6.45) is 3.69. The molecule has 2 atom stereocenters. The van der Waals surface area contributed by atoms with E-state index in [0.29, 0.717) is 12.1 Å². The fourth-order valence-corrected chi connectivity index (χ4v) is 2.62. The minimum atomic E-state index is 0.685. The maximum absolute atomic E-state index is 5.57. The van der Waals surface area contributed by atoms with Gasteiger partial charge in [-0.3, -0.25) is 4.90 Å². The first-order chi connectivity index (χ1) is 7.15. The van der Waals surface area contributed by atoms with Crippen LogP contribution in [0, 0.1) is 0 Å². The molecule has 1 heterocycles. The monoisotopic (exact) mass is 213 g/mol. The van der Waals surface area contributed by atoms with Crippen molar-refractivity contribution in [3.05, 3.63) is 0 Å². The number of rotatable bonds is 4. The molecule has 0 radical (unpaired) electrons. The Hall–Kier alpha value is -0.120. The molecule has 1 aliphatic heterocycles. The number of hydrogen-bond donors (Lipinski definition) is 1. The third-order valence-electron chi connectivity index (χ3n) is 3.49. The fraction of sp³-hybridized carbons (Fsp3) is 1.00. The average Bonchev–Trinajstić information content (AvgIpc) is 2.35. The van der Waals surface area contributed by atoms with Crippen LogP contribution < -0.4 is 5.73 Å². The maximum Gasteiger partial charge on any atom is 0.0197 e. The summed E-state index contributed by atoms with van der Waals surface area (Å²) >= 11 is 0. The van der Waals surface area contributed by atoms with Gasteiger partial charge in [-0.2, -0.15) is 0 Å². The summed E-state index contributed by atoms with van der Waals surface area (Å²) in [5, 5.41) is 0. The molecule has 0 aliphatic carbocycles. The molecule has 0 saturated carbocycles. The summed E-state index contributed by atoms with van der Waals surface area (Å²) in [4.78, 5) is 5.10. The van der Waals surface area contributed by atoms with Crippen LogP contribution in [0.2, 0.25) is 0 Å². The van der Waals surface area contributed by atoms with E-state index in [9.17, 15) is 0 Å². The van der Waals surface area contributed by atoms with Crippen molar-refractivity contribution >= 4 is 0 Å². The Labute approximate surface area is 94.6 Å². The molecule has 0 amide bonds. The Balaban J connectivity index is 2.43. The van der Waals surface area contributed by atoms with E-state index in [1.165, 1.54) is 32.5 Å². The highest BCUT2D eigenvalue weighted by Gasteiger charge is 2.23.